The quantitative estimate of drug-likeness (QED) is 0.779. The first kappa shape index (κ1) is 20.9. The molecule has 25 heavy (non-hydrogen) atoms. The average Bonchev–Trinajstić information content (AvgIpc) is 3.21. The molecule has 0 radical (unpaired) electrons. The highest BCUT2D eigenvalue weighted by Gasteiger charge is 2.30. The van der Waals surface area contributed by atoms with Crippen LogP contribution in [0, 0.1) is 5.82 Å². The maximum atomic E-state index is 13.8. The fourth-order valence-corrected chi connectivity index (χ4v) is 2.41. The molecule has 1 aromatic carbocycles. The van der Waals surface area contributed by atoms with Crippen LogP contribution in [-0.2, 0) is 4.74 Å². The van der Waals surface area contributed by atoms with Gasteiger partial charge in [0.05, 0.1) is 5.52 Å². The maximum Gasteiger partial charge on any atom is 0.407 e. The molecule has 3 rings (SSSR count). The van der Waals surface area contributed by atoms with E-state index >= 15 is 0 Å². The fourth-order valence-electron chi connectivity index (χ4n) is 2.41. The van der Waals surface area contributed by atoms with Crippen molar-refractivity contribution < 1.29 is 15.3 Å². The number of halogens is 1. The highest BCUT2D eigenvalue weighted by molar-refractivity contribution is 5.77. The summed E-state index contributed by atoms with van der Waals surface area (Å²) in [4.78, 5) is 15.5. The van der Waals surface area contributed by atoms with Gasteiger partial charge < -0.3 is 14.6 Å². The maximum absolute atomic E-state index is 13.8. The first-order valence-corrected chi connectivity index (χ1v) is 9.09. The van der Waals surface area contributed by atoms with Gasteiger partial charge in [0, 0.05) is 7.47 Å². The number of nitrogens with one attached hydrogen (secondary N) is 1. The molecule has 1 saturated heterocycles. The number of para-hydroxylation sites is 1. The van der Waals surface area contributed by atoms with Gasteiger partial charge in [-0.25, -0.2) is 14.2 Å². The van der Waals surface area contributed by atoms with Gasteiger partial charge in [0.25, 0.3) is 0 Å². The van der Waals surface area contributed by atoms with Crippen LogP contribution in [0.15, 0.2) is 18.2 Å². The van der Waals surface area contributed by atoms with Crippen LogP contribution in [0.1, 0.15) is 73.7 Å². The van der Waals surface area contributed by atoms with Crippen molar-refractivity contribution >= 4 is 17.1 Å². The lowest BCUT2D eigenvalue weighted by Gasteiger charge is -2.15. The van der Waals surface area contributed by atoms with Crippen molar-refractivity contribution in [2.75, 3.05) is 6.61 Å². The van der Waals surface area contributed by atoms with Crippen LogP contribution in [0.4, 0.5) is 9.18 Å². The smallest absolute Gasteiger partial charge is 0.407 e. The second kappa shape index (κ2) is 10.0. The number of fused-ring (bicyclic) bond motifs is 1. The van der Waals surface area contributed by atoms with Crippen molar-refractivity contribution in [3.8, 4) is 0 Å². The SMILES string of the molecule is CC.CC(C)n1c([C@@H]2COC(=O)N2)nc2c(F)cccc21.CCCC.[HH]. The van der Waals surface area contributed by atoms with Crippen molar-refractivity contribution in [3.05, 3.63) is 29.8 Å². The van der Waals surface area contributed by atoms with Crippen LogP contribution in [-0.4, -0.2) is 22.3 Å². The zero-order chi connectivity index (χ0) is 19.0. The Morgan fingerprint density at radius 3 is 2.48 bits per heavy atom. The molecule has 1 amide bonds. The molecule has 1 atom stereocenters. The van der Waals surface area contributed by atoms with Crippen LogP contribution in [0.3, 0.4) is 0 Å². The van der Waals surface area contributed by atoms with Gasteiger partial charge in [0.15, 0.2) is 5.82 Å². The largest absolute Gasteiger partial charge is 0.447 e. The number of ether oxygens (including phenoxy) is 1. The molecule has 1 aromatic heterocycles. The Kier molecular flexibility index (Phi) is 8.38. The monoisotopic (exact) mass is 353 g/mol. The van der Waals surface area contributed by atoms with Crippen LogP contribution in [0.25, 0.3) is 11.0 Å². The van der Waals surface area contributed by atoms with Gasteiger partial charge in [-0.05, 0) is 26.0 Å². The number of aromatic nitrogens is 2. The summed E-state index contributed by atoms with van der Waals surface area (Å²) in [7, 11) is 0. The molecule has 1 fully saturated rings. The molecule has 0 spiro atoms. The number of unbranched alkanes of at least 4 members (excludes halogenated alkanes) is 1. The number of hydrogen-bond donors (Lipinski definition) is 1. The average molecular weight is 353 g/mol. The third kappa shape index (κ3) is 4.94. The second-order valence-electron chi connectivity index (χ2n) is 5.84. The van der Waals surface area contributed by atoms with Crippen molar-refractivity contribution in [1.29, 1.82) is 0 Å². The third-order valence-corrected chi connectivity index (χ3v) is 3.70. The first-order chi connectivity index (χ1) is 12.0. The number of benzene rings is 1. The van der Waals surface area contributed by atoms with E-state index in [0.717, 1.165) is 5.52 Å². The first-order valence-electron chi connectivity index (χ1n) is 9.09. The van der Waals surface area contributed by atoms with E-state index in [1.807, 2.05) is 38.3 Å². The molecule has 142 valence electrons. The van der Waals surface area contributed by atoms with Gasteiger partial charge in [0.2, 0.25) is 0 Å². The molecule has 1 aliphatic rings. The molecule has 0 unspecified atom stereocenters. The van der Waals surface area contributed by atoms with E-state index in [2.05, 4.69) is 24.1 Å². The van der Waals surface area contributed by atoms with Crippen molar-refractivity contribution in [1.82, 2.24) is 14.9 Å². The molecule has 5 nitrogen and oxygen atoms in total. The summed E-state index contributed by atoms with van der Waals surface area (Å²) in [6.45, 7) is 12.6. The number of amides is 1. The summed E-state index contributed by atoms with van der Waals surface area (Å²) in [5.41, 5.74) is 1.05. The van der Waals surface area contributed by atoms with Crippen LogP contribution in [0.5, 0.6) is 0 Å². The highest BCUT2D eigenvalue weighted by atomic mass is 19.1. The van der Waals surface area contributed by atoms with E-state index in [1.165, 1.54) is 18.9 Å². The summed E-state index contributed by atoms with van der Waals surface area (Å²) < 4.78 is 20.6. The molecular weight excluding hydrogens is 321 g/mol. The minimum atomic E-state index is -0.465. The number of carbonyl (C=O) groups excluding carboxylic acids is 1. The number of nitrogens with zero attached hydrogens (tertiary/aromatic N) is 2. The van der Waals surface area contributed by atoms with Crippen molar-refractivity contribution in [2.45, 2.75) is 66.5 Å². The van der Waals surface area contributed by atoms with E-state index in [1.54, 1.807) is 6.07 Å². The molecule has 0 bridgehead atoms. The summed E-state index contributed by atoms with van der Waals surface area (Å²) in [6.07, 6.45) is 2.17. The van der Waals surface area contributed by atoms with Gasteiger partial charge in [-0.1, -0.05) is 46.6 Å². The third-order valence-electron chi connectivity index (χ3n) is 3.70. The van der Waals surface area contributed by atoms with Crippen molar-refractivity contribution in [2.24, 2.45) is 0 Å². The molecule has 2 heterocycles. The predicted octanol–water partition coefficient (Wildman–Crippen LogP) is 5.62. The molecule has 0 aliphatic carbocycles. The summed E-state index contributed by atoms with van der Waals surface area (Å²) in [5.74, 6) is 0.268. The Morgan fingerprint density at radius 1 is 1.36 bits per heavy atom. The fraction of sp³-hybridized carbons (Fsp3) is 0.579. The topological polar surface area (TPSA) is 56.1 Å². The summed E-state index contributed by atoms with van der Waals surface area (Å²) in [5, 5.41) is 2.68. The van der Waals surface area contributed by atoms with Crippen LogP contribution in [0.2, 0.25) is 0 Å². The van der Waals surface area contributed by atoms with E-state index in [0.29, 0.717) is 11.3 Å². The predicted molar refractivity (Wildman–Crippen MR) is 101 cm³/mol. The minimum Gasteiger partial charge on any atom is -0.447 e. The zero-order valence-electron chi connectivity index (χ0n) is 16.1. The number of rotatable bonds is 3. The van der Waals surface area contributed by atoms with E-state index in [-0.39, 0.29) is 25.9 Å². The van der Waals surface area contributed by atoms with E-state index in [4.69, 9.17) is 4.74 Å². The van der Waals surface area contributed by atoms with Crippen LogP contribution >= 0.6 is 0 Å². The lowest BCUT2D eigenvalue weighted by Crippen LogP contribution is -2.22. The van der Waals surface area contributed by atoms with Gasteiger partial charge in [-0.2, -0.15) is 0 Å². The lowest BCUT2D eigenvalue weighted by atomic mass is 10.2. The zero-order valence-corrected chi connectivity index (χ0v) is 16.1. The van der Waals surface area contributed by atoms with Crippen molar-refractivity contribution in [3.63, 3.8) is 0 Å². The lowest BCUT2D eigenvalue weighted by molar-refractivity contribution is 0.176. The van der Waals surface area contributed by atoms with Gasteiger partial charge in [-0.15, -0.1) is 0 Å². The second-order valence-corrected chi connectivity index (χ2v) is 5.84. The molecule has 1 N–H and O–H groups in total. The van der Waals surface area contributed by atoms with Gasteiger partial charge in [0.1, 0.15) is 24.0 Å². The summed E-state index contributed by atoms with van der Waals surface area (Å²) in [6, 6.07) is 4.65. The molecule has 2 aromatic rings. The number of carbonyl (C=O) groups is 1. The number of imidazole rings is 1. The Bertz CT molecular complexity index is 687. The molecule has 1 aliphatic heterocycles. The van der Waals surface area contributed by atoms with Gasteiger partial charge in [-0.3, -0.25) is 0 Å². The molecule has 6 heteroatoms. The van der Waals surface area contributed by atoms with Gasteiger partial charge >= 0.3 is 6.09 Å². The Hall–Kier alpha value is -2.11. The normalized spacial score (nSPS) is 15.8. The Labute approximate surface area is 151 Å². The number of hydrogen-bond acceptors (Lipinski definition) is 3. The van der Waals surface area contributed by atoms with E-state index in [9.17, 15) is 9.18 Å². The Balaban J connectivity index is 0.000000795. The molecule has 0 saturated carbocycles. The van der Waals surface area contributed by atoms with E-state index < -0.39 is 6.09 Å². The number of cyclic esters (lactones) is 1. The highest BCUT2D eigenvalue weighted by Crippen LogP contribution is 2.28. The molecular formula is C19H32FN3O2. The van der Waals surface area contributed by atoms with Crippen LogP contribution < -0.4 is 5.32 Å². The summed E-state index contributed by atoms with van der Waals surface area (Å²) >= 11 is 0. The minimum absolute atomic E-state index is 0. The standard InChI is InChI=1S/C13H14FN3O2.C4H10.C2H6.H2/c1-7(2)17-10-5-3-4-8(14)11(10)16-12(17)9-6-19-13(18)15-9;1-3-4-2;1-2;/h3-5,7,9H,6H2,1-2H3,(H,15,18);3-4H2,1-2H3;1-2H3;1H/t9-;;;/m0.../s1. The number of alkyl carbamates (subject to hydrolysis) is 1. The Morgan fingerprint density at radius 2 is 2.00 bits per heavy atom.